The first-order valence-electron chi connectivity index (χ1n) is 7.11. The van der Waals surface area contributed by atoms with E-state index in [1.165, 1.54) is 0 Å². The highest BCUT2D eigenvalue weighted by Gasteiger charge is 2.26. The quantitative estimate of drug-likeness (QED) is 0.764. The lowest BCUT2D eigenvalue weighted by Crippen LogP contribution is -2.36. The van der Waals surface area contributed by atoms with Crippen LogP contribution in [0.5, 0.6) is 5.75 Å². The zero-order valence-electron chi connectivity index (χ0n) is 12.9. The number of ether oxygens (including phenoxy) is 1. The molecule has 0 aliphatic carbocycles. The molecule has 2 aromatic rings. The van der Waals surface area contributed by atoms with Gasteiger partial charge in [0.05, 0.1) is 6.26 Å². The minimum Gasteiger partial charge on any atom is -0.481 e. The van der Waals surface area contributed by atoms with Gasteiger partial charge in [0.25, 0.3) is 5.91 Å². The third-order valence-electron chi connectivity index (χ3n) is 3.16. The Morgan fingerprint density at radius 2 is 1.96 bits per heavy atom. The Morgan fingerprint density at radius 3 is 2.57 bits per heavy atom. The summed E-state index contributed by atoms with van der Waals surface area (Å²) in [6, 6.07) is 10.00. The summed E-state index contributed by atoms with van der Waals surface area (Å²) in [6.45, 7) is 3.47. The van der Waals surface area contributed by atoms with Crippen LogP contribution in [-0.4, -0.2) is 23.3 Å². The van der Waals surface area contributed by atoms with Gasteiger partial charge in [-0.2, -0.15) is 0 Å². The van der Waals surface area contributed by atoms with Crippen molar-refractivity contribution in [2.24, 2.45) is 0 Å². The van der Waals surface area contributed by atoms with Crippen molar-refractivity contribution in [2.45, 2.75) is 26.5 Å². The van der Waals surface area contributed by atoms with Crippen molar-refractivity contribution < 1.29 is 18.7 Å². The van der Waals surface area contributed by atoms with E-state index in [4.69, 9.17) is 9.15 Å². The van der Waals surface area contributed by atoms with E-state index in [-0.39, 0.29) is 24.2 Å². The molecule has 0 saturated carbocycles. The predicted octanol–water partition coefficient (Wildman–Crippen LogP) is 2.23. The van der Waals surface area contributed by atoms with Crippen molar-refractivity contribution in [1.82, 2.24) is 4.90 Å². The topological polar surface area (TPSA) is 76.8 Å². The van der Waals surface area contributed by atoms with Crippen molar-refractivity contribution >= 4 is 12.3 Å². The number of benzene rings is 1. The van der Waals surface area contributed by atoms with E-state index in [1.807, 2.05) is 30.3 Å². The minimum atomic E-state index is -0.712. The summed E-state index contributed by atoms with van der Waals surface area (Å²) in [6.07, 6.45) is 1.51. The van der Waals surface area contributed by atoms with Crippen molar-refractivity contribution in [3.63, 3.8) is 0 Å². The van der Waals surface area contributed by atoms with Crippen LogP contribution in [0, 0.1) is 0 Å². The van der Waals surface area contributed by atoms with Crippen molar-refractivity contribution in [3.8, 4) is 5.75 Å². The van der Waals surface area contributed by atoms with Gasteiger partial charge in [-0.15, -0.1) is 0 Å². The van der Waals surface area contributed by atoms with E-state index in [0.29, 0.717) is 6.41 Å². The molecule has 1 aromatic carbocycles. The standard InChI is InChI=1S/C17H17NO5/c1-12(2)18(11-19)17(21)16-15(14(20)8-9-22-16)23-10-13-6-4-3-5-7-13/h3-9,11-12H,10H2,1-2H3. The second kappa shape index (κ2) is 7.40. The Bertz CT molecular complexity index is 736. The minimum absolute atomic E-state index is 0.110. The smallest absolute Gasteiger partial charge is 0.300 e. The molecule has 2 amide bonds. The maximum Gasteiger partial charge on any atom is 0.300 e. The lowest BCUT2D eigenvalue weighted by atomic mass is 10.2. The molecule has 6 nitrogen and oxygen atoms in total. The highest BCUT2D eigenvalue weighted by atomic mass is 16.5. The molecule has 0 saturated heterocycles. The number of hydrogen-bond donors (Lipinski definition) is 0. The SMILES string of the molecule is CC(C)N(C=O)C(=O)c1occc(=O)c1OCc1ccccc1. The molecule has 0 fully saturated rings. The van der Waals surface area contributed by atoms with Gasteiger partial charge in [0.2, 0.25) is 23.3 Å². The Hall–Kier alpha value is -2.89. The third-order valence-corrected chi connectivity index (χ3v) is 3.16. The van der Waals surface area contributed by atoms with Crippen LogP contribution < -0.4 is 10.2 Å². The van der Waals surface area contributed by atoms with Crippen molar-refractivity contribution in [1.29, 1.82) is 0 Å². The molecule has 6 heteroatoms. The van der Waals surface area contributed by atoms with Gasteiger partial charge >= 0.3 is 0 Å². The lowest BCUT2D eigenvalue weighted by molar-refractivity contribution is -0.117. The van der Waals surface area contributed by atoms with Gasteiger partial charge in [-0.1, -0.05) is 30.3 Å². The van der Waals surface area contributed by atoms with Gasteiger partial charge in [0.1, 0.15) is 6.61 Å². The molecule has 0 unspecified atom stereocenters. The molecule has 1 heterocycles. The third kappa shape index (κ3) is 3.85. The molecule has 0 radical (unpaired) electrons. The average Bonchev–Trinajstić information content (AvgIpc) is 2.54. The predicted molar refractivity (Wildman–Crippen MR) is 83.1 cm³/mol. The second-order valence-electron chi connectivity index (χ2n) is 5.13. The summed E-state index contributed by atoms with van der Waals surface area (Å²) in [7, 11) is 0. The number of imide groups is 1. The number of rotatable bonds is 6. The van der Waals surface area contributed by atoms with Crippen LogP contribution in [0.2, 0.25) is 0 Å². The van der Waals surface area contributed by atoms with Crippen LogP contribution in [0.25, 0.3) is 0 Å². The second-order valence-corrected chi connectivity index (χ2v) is 5.13. The van der Waals surface area contributed by atoms with E-state index >= 15 is 0 Å². The molecule has 0 bridgehead atoms. The molecular weight excluding hydrogens is 298 g/mol. The van der Waals surface area contributed by atoms with Crippen LogP contribution in [-0.2, 0) is 11.4 Å². The zero-order valence-corrected chi connectivity index (χ0v) is 12.9. The summed E-state index contributed by atoms with van der Waals surface area (Å²) >= 11 is 0. The maximum absolute atomic E-state index is 12.4. The Labute approximate surface area is 133 Å². The van der Waals surface area contributed by atoms with Gasteiger partial charge < -0.3 is 9.15 Å². The molecule has 120 valence electrons. The van der Waals surface area contributed by atoms with E-state index in [1.54, 1.807) is 13.8 Å². The van der Waals surface area contributed by atoms with Gasteiger partial charge in [-0.3, -0.25) is 19.3 Å². The molecule has 0 aliphatic heterocycles. The lowest BCUT2D eigenvalue weighted by Gasteiger charge is -2.19. The van der Waals surface area contributed by atoms with Crippen molar-refractivity contribution in [2.75, 3.05) is 0 Å². The Morgan fingerprint density at radius 1 is 1.26 bits per heavy atom. The molecule has 2 rings (SSSR count). The molecule has 0 aliphatic rings. The highest BCUT2D eigenvalue weighted by molar-refractivity contribution is 5.99. The van der Waals surface area contributed by atoms with Crippen LogP contribution in [0.3, 0.4) is 0 Å². The van der Waals surface area contributed by atoms with Gasteiger partial charge in [-0.25, -0.2) is 0 Å². The molecule has 1 aromatic heterocycles. The fourth-order valence-electron chi connectivity index (χ4n) is 1.94. The highest BCUT2D eigenvalue weighted by Crippen LogP contribution is 2.17. The molecule has 23 heavy (non-hydrogen) atoms. The number of nitrogens with zero attached hydrogens (tertiary/aromatic N) is 1. The monoisotopic (exact) mass is 315 g/mol. The molecular formula is C17H17NO5. The number of amides is 2. The number of carbonyl (C=O) groups is 2. The van der Waals surface area contributed by atoms with Crippen LogP contribution in [0.4, 0.5) is 0 Å². The van der Waals surface area contributed by atoms with Crippen LogP contribution in [0.1, 0.15) is 30.0 Å². The van der Waals surface area contributed by atoms with E-state index in [0.717, 1.165) is 22.8 Å². The van der Waals surface area contributed by atoms with Gasteiger partial charge in [0, 0.05) is 12.1 Å². The largest absolute Gasteiger partial charge is 0.481 e. The summed E-state index contributed by atoms with van der Waals surface area (Å²) in [5, 5.41) is 0. The normalized spacial score (nSPS) is 10.4. The Kier molecular flexibility index (Phi) is 5.30. The van der Waals surface area contributed by atoms with Crippen LogP contribution in [0.15, 0.2) is 51.9 Å². The maximum atomic E-state index is 12.4. The average molecular weight is 315 g/mol. The van der Waals surface area contributed by atoms with Gasteiger partial charge in [0.15, 0.2) is 0 Å². The van der Waals surface area contributed by atoms with E-state index in [9.17, 15) is 14.4 Å². The zero-order chi connectivity index (χ0) is 16.8. The fraction of sp³-hybridized carbons (Fsp3) is 0.235. The number of hydrogen-bond acceptors (Lipinski definition) is 5. The van der Waals surface area contributed by atoms with E-state index < -0.39 is 11.3 Å². The number of carbonyl (C=O) groups excluding carboxylic acids is 2. The van der Waals surface area contributed by atoms with Crippen LogP contribution >= 0.6 is 0 Å². The summed E-state index contributed by atoms with van der Waals surface area (Å²) < 4.78 is 10.6. The van der Waals surface area contributed by atoms with Gasteiger partial charge in [-0.05, 0) is 19.4 Å². The molecule has 0 spiro atoms. The summed E-state index contributed by atoms with van der Waals surface area (Å²) in [5.74, 6) is -1.20. The first-order valence-corrected chi connectivity index (χ1v) is 7.11. The van der Waals surface area contributed by atoms with Crippen molar-refractivity contribution in [3.05, 3.63) is 64.2 Å². The fourth-order valence-corrected chi connectivity index (χ4v) is 1.94. The summed E-state index contributed by atoms with van der Waals surface area (Å²) in [4.78, 5) is 36.4. The van der Waals surface area contributed by atoms with E-state index in [2.05, 4.69) is 0 Å². The first-order chi connectivity index (χ1) is 11.0. The first kappa shape index (κ1) is 16.5. The molecule has 0 N–H and O–H groups in total. The Balaban J connectivity index is 2.31. The molecule has 0 atom stereocenters. The summed E-state index contributed by atoms with van der Waals surface area (Å²) in [5.41, 5.74) is 0.357.